The fourth-order valence-electron chi connectivity index (χ4n) is 3.22. The number of anilines is 1. The Balaban J connectivity index is 1.36. The van der Waals surface area contributed by atoms with Crippen LogP contribution in [0.25, 0.3) is 0 Å². The van der Waals surface area contributed by atoms with Crippen molar-refractivity contribution in [2.75, 3.05) is 5.32 Å². The number of aromatic nitrogens is 1. The topological polar surface area (TPSA) is 92.3 Å². The standard InChI is InChI=1S/C25H26N4O3/c30-24(27-19-12-13-19)23(15-18-7-2-1-3-8-18)29-25(31)28-20-10-6-11-22(16-20)32-17-21-9-4-5-14-26-21/h1-11,14,16,19,23H,12-13,15,17H2,(H,27,30)(H2,28,29,31). The normalized spacial score (nSPS) is 13.6. The minimum atomic E-state index is -0.665. The van der Waals surface area contributed by atoms with E-state index >= 15 is 0 Å². The van der Waals surface area contributed by atoms with E-state index in [1.807, 2.05) is 54.6 Å². The molecule has 7 nitrogen and oxygen atoms in total. The van der Waals surface area contributed by atoms with E-state index in [1.54, 1.807) is 24.4 Å². The van der Waals surface area contributed by atoms with E-state index < -0.39 is 12.1 Å². The van der Waals surface area contributed by atoms with Gasteiger partial charge in [-0.1, -0.05) is 42.5 Å². The van der Waals surface area contributed by atoms with Gasteiger partial charge in [0.15, 0.2) is 0 Å². The second-order valence-corrected chi connectivity index (χ2v) is 7.76. The average Bonchev–Trinajstić information content (AvgIpc) is 3.63. The largest absolute Gasteiger partial charge is 0.487 e. The number of hydrogen-bond acceptors (Lipinski definition) is 4. The van der Waals surface area contributed by atoms with Crippen molar-refractivity contribution in [2.24, 2.45) is 0 Å². The van der Waals surface area contributed by atoms with Crippen LogP contribution in [-0.4, -0.2) is 29.0 Å². The van der Waals surface area contributed by atoms with Gasteiger partial charge in [-0.25, -0.2) is 4.79 Å². The highest BCUT2D eigenvalue weighted by Gasteiger charge is 2.28. The number of pyridine rings is 1. The van der Waals surface area contributed by atoms with Gasteiger partial charge in [-0.2, -0.15) is 0 Å². The molecule has 164 valence electrons. The molecule has 0 bridgehead atoms. The van der Waals surface area contributed by atoms with E-state index in [9.17, 15) is 9.59 Å². The van der Waals surface area contributed by atoms with Crippen LogP contribution in [0.2, 0.25) is 0 Å². The van der Waals surface area contributed by atoms with Gasteiger partial charge in [0.05, 0.1) is 5.69 Å². The highest BCUT2D eigenvalue weighted by Crippen LogP contribution is 2.20. The molecule has 0 radical (unpaired) electrons. The Kier molecular flexibility index (Phi) is 6.97. The van der Waals surface area contributed by atoms with E-state index in [4.69, 9.17) is 4.74 Å². The molecule has 0 saturated heterocycles. The van der Waals surface area contributed by atoms with Gasteiger partial charge in [0.1, 0.15) is 18.4 Å². The van der Waals surface area contributed by atoms with Gasteiger partial charge >= 0.3 is 6.03 Å². The van der Waals surface area contributed by atoms with Crippen molar-refractivity contribution in [1.82, 2.24) is 15.6 Å². The zero-order chi connectivity index (χ0) is 22.2. The summed E-state index contributed by atoms with van der Waals surface area (Å²) in [5, 5.41) is 8.58. The van der Waals surface area contributed by atoms with E-state index in [-0.39, 0.29) is 11.9 Å². The monoisotopic (exact) mass is 430 g/mol. The Morgan fingerprint density at radius 1 is 1.00 bits per heavy atom. The molecule has 1 heterocycles. The molecule has 1 unspecified atom stereocenters. The van der Waals surface area contributed by atoms with Crippen molar-refractivity contribution in [3.63, 3.8) is 0 Å². The lowest BCUT2D eigenvalue weighted by atomic mass is 10.1. The first-order valence-electron chi connectivity index (χ1n) is 10.7. The van der Waals surface area contributed by atoms with Crippen molar-refractivity contribution >= 4 is 17.6 Å². The predicted octanol–water partition coefficient (Wildman–Crippen LogP) is 3.67. The third-order valence-corrected chi connectivity index (χ3v) is 5.03. The van der Waals surface area contributed by atoms with Crippen molar-refractivity contribution in [1.29, 1.82) is 0 Å². The molecule has 3 aromatic rings. The minimum absolute atomic E-state index is 0.168. The first-order valence-corrected chi connectivity index (χ1v) is 10.7. The maximum atomic E-state index is 12.7. The predicted molar refractivity (Wildman–Crippen MR) is 122 cm³/mol. The number of hydrogen-bond donors (Lipinski definition) is 3. The summed E-state index contributed by atoms with van der Waals surface area (Å²) in [4.78, 5) is 29.6. The molecule has 32 heavy (non-hydrogen) atoms. The minimum Gasteiger partial charge on any atom is -0.487 e. The average molecular weight is 431 g/mol. The smallest absolute Gasteiger partial charge is 0.319 e. The van der Waals surface area contributed by atoms with Crippen molar-refractivity contribution in [2.45, 2.75) is 38.0 Å². The molecule has 7 heteroatoms. The van der Waals surface area contributed by atoms with Crippen LogP contribution in [0, 0.1) is 0 Å². The molecule has 1 atom stereocenters. The van der Waals surface area contributed by atoms with Crippen LogP contribution in [0.3, 0.4) is 0 Å². The molecule has 1 aromatic heterocycles. The first kappa shape index (κ1) is 21.4. The molecule has 3 N–H and O–H groups in total. The van der Waals surface area contributed by atoms with Gasteiger partial charge in [0.25, 0.3) is 0 Å². The van der Waals surface area contributed by atoms with Crippen LogP contribution in [0.5, 0.6) is 5.75 Å². The zero-order valence-corrected chi connectivity index (χ0v) is 17.7. The molecular weight excluding hydrogens is 404 g/mol. The maximum absolute atomic E-state index is 12.7. The number of urea groups is 1. The van der Waals surface area contributed by atoms with E-state index in [0.29, 0.717) is 24.5 Å². The fourth-order valence-corrected chi connectivity index (χ4v) is 3.22. The highest BCUT2D eigenvalue weighted by atomic mass is 16.5. The van der Waals surface area contributed by atoms with Gasteiger partial charge in [0.2, 0.25) is 5.91 Å². The summed E-state index contributed by atoms with van der Waals surface area (Å²) >= 11 is 0. The summed E-state index contributed by atoms with van der Waals surface area (Å²) in [5.74, 6) is 0.444. The number of carbonyl (C=O) groups excluding carboxylic acids is 2. The summed E-state index contributed by atoms with van der Waals surface area (Å²) in [6, 6.07) is 21.5. The van der Waals surface area contributed by atoms with E-state index in [0.717, 1.165) is 24.1 Å². The van der Waals surface area contributed by atoms with Gasteiger partial charge < -0.3 is 20.7 Å². The van der Waals surface area contributed by atoms with Crippen molar-refractivity contribution in [3.05, 3.63) is 90.3 Å². The number of nitrogens with one attached hydrogen (secondary N) is 3. The van der Waals surface area contributed by atoms with Crippen LogP contribution < -0.4 is 20.7 Å². The number of nitrogens with zero attached hydrogens (tertiary/aromatic N) is 1. The number of ether oxygens (including phenoxy) is 1. The Bertz CT molecular complexity index is 1040. The maximum Gasteiger partial charge on any atom is 0.319 e. The second kappa shape index (κ2) is 10.4. The summed E-state index contributed by atoms with van der Waals surface area (Å²) in [7, 11) is 0. The third kappa shape index (κ3) is 6.57. The van der Waals surface area contributed by atoms with Gasteiger partial charge in [-0.15, -0.1) is 0 Å². The molecule has 1 aliphatic carbocycles. The number of amides is 3. The number of benzene rings is 2. The van der Waals surface area contributed by atoms with E-state index in [2.05, 4.69) is 20.9 Å². The Hall–Kier alpha value is -3.87. The van der Waals surface area contributed by atoms with Crippen molar-refractivity contribution < 1.29 is 14.3 Å². The molecule has 1 saturated carbocycles. The van der Waals surface area contributed by atoms with Gasteiger partial charge in [0, 0.05) is 30.4 Å². The van der Waals surface area contributed by atoms with Gasteiger partial charge in [-0.3, -0.25) is 9.78 Å². The van der Waals surface area contributed by atoms with Crippen LogP contribution in [0.4, 0.5) is 10.5 Å². The van der Waals surface area contributed by atoms with E-state index in [1.165, 1.54) is 0 Å². The first-order chi connectivity index (χ1) is 15.7. The highest BCUT2D eigenvalue weighted by molar-refractivity contribution is 5.94. The quantitative estimate of drug-likeness (QED) is 0.483. The zero-order valence-electron chi connectivity index (χ0n) is 17.7. The van der Waals surface area contributed by atoms with Crippen LogP contribution in [0.1, 0.15) is 24.1 Å². The molecule has 3 amide bonds. The van der Waals surface area contributed by atoms with Crippen LogP contribution in [-0.2, 0) is 17.8 Å². The SMILES string of the molecule is O=C(Nc1cccc(OCc2ccccn2)c1)NC(Cc1ccccc1)C(=O)NC1CC1. The molecular formula is C25H26N4O3. The van der Waals surface area contributed by atoms with Gasteiger partial charge in [-0.05, 0) is 42.7 Å². The Morgan fingerprint density at radius 2 is 1.81 bits per heavy atom. The Labute approximate surface area is 187 Å². The lowest BCUT2D eigenvalue weighted by Gasteiger charge is -2.19. The molecule has 1 fully saturated rings. The molecule has 2 aromatic carbocycles. The van der Waals surface area contributed by atoms with Crippen LogP contribution >= 0.6 is 0 Å². The number of carbonyl (C=O) groups is 2. The molecule has 0 spiro atoms. The second-order valence-electron chi connectivity index (χ2n) is 7.76. The summed E-state index contributed by atoms with van der Waals surface area (Å²) in [5.41, 5.74) is 2.37. The molecule has 1 aliphatic rings. The lowest BCUT2D eigenvalue weighted by Crippen LogP contribution is -2.49. The summed E-state index contributed by atoms with van der Waals surface area (Å²) in [6.07, 6.45) is 4.11. The van der Waals surface area contributed by atoms with Crippen molar-refractivity contribution in [3.8, 4) is 5.75 Å². The third-order valence-electron chi connectivity index (χ3n) is 5.03. The number of rotatable bonds is 9. The fraction of sp³-hybridized carbons (Fsp3) is 0.240. The molecule has 0 aliphatic heterocycles. The van der Waals surface area contributed by atoms with Crippen LogP contribution in [0.15, 0.2) is 79.0 Å². The summed E-state index contributed by atoms with van der Waals surface area (Å²) in [6.45, 7) is 0.330. The molecule has 4 rings (SSSR count). The summed E-state index contributed by atoms with van der Waals surface area (Å²) < 4.78 is 5.76. The lowest BCUT2D eigenvalue weighted by molar-refractivity contribution is -0.123. The Morgan fingerprint density at radius 3 is 2.56 bits per heavy atom.